The first-order chi connectivity index (χ1) is 8.10. The van der Waals surface area contributed by atoms with Crippen LogP contribution < -0.4 is 5.32 Å². The molecule has 1 heterocycles. The van der Waals surface area contributed by atoms with Crippen molar-refractivity contribution in [2.45, 2.75) is 13.8 Å². The third kappa shape index (κ3) is 3.59. The van der Waals surface area contributed by atoms with Crippen LogP contribution in [0.3, 0.4) is 0 Å². The van der Waals surface area contributed by atoms with Gasteiger partial charge in [-0.25, -0.2) is 0 Å². The highest BCUT2D eigenvalue weighted by molar-refractivity contribution is 9.10. The number of nitrogens with one attached hydrogen (secondary N) is 1. The van der Waals surface area contributed by atoms with Gasteiger partial charge in [0.05, 0.1) is 18.4 Å². The molecule has 0 saturated carbocycles. The number of likely N-dealkylation sites (N-methyl/N-ethyl adjacent to an activating group) is 1. The van der Waals surface area contributed by atoms with E-state index in [2.05, 4.69) is 21.2 Å². The lowest BCUT2D eigenvalue weighted by Crippen LogP contribution is -2.39. The summed E-state index contributed by atoms with van der Waals surface area (Å²) in [6, 6.07) is 1.54. The van der Waals surface area contributed by atoms with E-state index in [1.807, 2.05) is 13.8 Å². The Labute approximate surface area is 108 Å². The summed E-state index contributed by atoms with van der Waals surface area (Å²) in [5, 5.41) is 2.55. The van der Waals surface area contributed by atoms with E-state index in [0.717, 1.165) is 0 Å². The Morgan fingerprint density at radius 3 is 2.53 bits per heavy atom. The van der Waals surface area contributed by atoms with Gasteiger partial charge >= 0.3 is 0 Å². The first kappa shape index (κ1) is 13.8. The van der Waals surface area contributed by atoms with Gasteiger partial charge in [0.25, 0.3) is 5.91 Å². The van der Waals surface area contributed by atoms with Gasteiger partial charge in [0.2, 0.25) is 5.91 Å². The molecule has 0 aliphatic carbocycles. The highest BCUT2D eigenvalue weighted by Gasteiger charge is 2.15. The van der Waals surface area contributed by atoms with Gasteiger partial charge in [-0.3, -0.25) is 9.59 Å². The Hall–Kier alpha value is -1.30. The normalized spacial score (nSPS) is 10.1. The Balaban J connectivity index is 2.49. The van der Waals surface area contributed by atoms with Crippen LogP contribution in [0, 0.1) is 0 Å². The van der Waals surface area contributed by atoms with E-state index in [1.165, 1.54) is 6.26 Å². The summed E-state index contributed by atoms with van der Waals surface area (Å²) in [5.41, 5.74) is 0.386. The van der Waals surface area contributed by atoms with Crippen molar-refractivity contribution in [1.82, 2.24) is 10.2 Å². The van der Waals surface area contributed by atoms with Crippen LogP contribution in [-0.2, 0) is 4.79 Å². The van der Waals surface area contributed by atoms with Crippen LogP contribution in [-0.4, -0.2) is 36.3 Å². The molecule has 0 saturated heterocycles. The van der Waals surface area contributed by atoms with Crippen molar-refractivity contribution in [3.63, 3.8) is 0 Å². The quantitative estimate of drug-likeness (QED) is 0.899. The van der Waals surface area contributed by atoms with E-state index < -0.39 is 0 Å². The largest absolute Gasteiger partial charge is 0.457 e. The number of halogens is 1. The van der Waals surface area contributed by atoms with Crippen LogP contribution in [0.1, 0.15) is 24.2 Å². The third-order valence-corrected chi connectivity index (χ3v) is 2.99. The molecule has 2 amide bonds. The Morgan fingerprint density at radius 1 is 1.41 bits per heavy atom. The number of rotatable bonds is 5. The Morgan fingerprint density at radius 2 is 2.06 bits per heavy atom. The van der Waals surface area contributed by atoms with Crippen LogP contribution in [0.25, 0.3) is 0 Å². The molecule has 1 aromatic rings. The molecule has 0 spiro atoms. The maximum atomic E-state index is 11.7. The van der Waals surface area contributed by atoms with E-state index in [-0.39, 0.29) is 18.4 Å². The number of nitrogens with zero attached hydrogens (tertiary/aromatic N) is 1. The second-order valence-corrected chi connectivity index (χ2v) is 4.08. The van der Waals surface area contributed by atoms with Crippen LogP contribution in [0.2, 0.25) is 0 Å². The predicted molar refractivity (Wildman–Crippen MR) is 66.7 cm³/mol. The lowest BCUT2D eigenvalue weighted by atomic mass is 10.3. The summed E-state index contributed by atoms with van der Waals surface area (Å²) in [4.78, 5) is 25.0. The molecule has 0 bridgehead atoms. The standard InChI is InChI=1S/C11H15BrN2O3/c1-3-14(4-2)9(15)7-13-11(16)8-5-6-17-10(8)12/h5-6H,3-4,7H2,1-2H3,(H,13,16). The van der Waals surface area contributed by atoms with Gasteiger partial charge in [0.15, 0.2) is 4.67 Å². The predicted octanol–water partition coefficient (Wildman–Crippen LogP) is 1.64. The molecule has 6 heteroatoms. The number of carbonyl (C=O) groups excluding carboxylic acids is 2. The van der Waals surface area contributed by atoms with Gasteiger partial charge in [0, 0.05) is 13.1 Å². The molecule has 0 fully saturated rings. The van der Waals surface area contributed by atoms with E-state index in [1.54, 1.807) is 11.0 Å². The summed E-state index contributed by atoms with van der Waals surface area (Å²) < 4.78 is 5.31. The van der Waals surface area contributed by atoms with Gasteiger partial charge in [-0.1, -0.05) is 0 Å². The maximum absolute atomic E-state index is 11.7. The molecule has 0 radical (unpaired) electrons. The fourth-order valence-electron chi connectivity index (χ4n) is 1.39. The van der Waals surface area contributed by atoms with E-state index in [0.29, 0.717) is 23.3 Å². The van der Waals surface area contributed by atoms with Crippen molar-refractivity contribution >= 4 is 27.7 Å². The Kier molecular flexibility index (Phi) is 5.21. The zero-order valence-electron chi connectivity index (χ0n) is 9.83. The molecule has 17 heavy (non-hydrogen) atoms. The minimum absolute atomic E-state index is 0.00185. The first-order valence-electron chi connectivity index (χ1n) is 5.39. The number of hydrogen-bond acceptors (Lipinski definition) is 3. The lowest BCUT2D eigenvalue weighted by Gasteiger charge is -2.18. The molecule has 0 aliphatic heterocycles. The summed E-state index contributed by atoms with van der Waals surface area (Å²) >= 11 is 3.11. The van der Waals surface area contributed by atoms with Crippen LogP contribution in [0.4, 0.5) is 0 Å². The third-order valence-electron chi connectivity index (χ3n) is 2.38. The fourth-order valence-corrected chi connectivity index (χ4v) is 1.82. The summed E-state index contributed by atoms with van der Waals surface area (Å²) in [6.45, 7) is 5.07. The minimum Gasteiger partial charge on any atom is -0.457 e. The molecule has 5 nitrogen and oxygen atoms in total. The molecular formula is C11H15BrN2O3. The van der Waals surface area contributed by atoms with Gasteiger partial charge in [-0.2, -0.15) is 0 Å². The minimum atomic E-state index is -0.328. The molecule has 1 aromatic heterocycles. The zero-order chi connectivity index (χ0) is 12.8. The molecule has 0 atom stereocenters. The summed E-state index contributed by atoms with van der Waals surface area (Å²) in [5.74, 6) is -0.422. The molecule has 1 rings (SSSR count). The van der Waals surface area contributed by atoms with E-state index in [4.69, 9.17) is 4.42 Å². The highest BCUT2D eigenvalue weighted by atomic mass is 79.9. The van der Waals surface area contributed by atoms with E-state index >= 15 is 0 Å². The maximum Gasteiger partial charge on any atom is 0.256 e. The molecule has 94 valence electrons. The van der Waals surface area contributed by atoms with Gasteiger partial charge in [0.1, 0.15) is 0 Å². The van der Waals surface area contributed by atoms with Crippen LogP contribution in [0.5, 0.6) is 0 Å². The van der Waals surface area contributed by atoms with Crippen molar-refractivity contribution in [2.24, 2.45) is 0 Å². The lowest BCUT2D eigenvalue weighted by molar-refractivity contribution is -0.129. The average molecular weight is 303 g/mol. The van der Waals surface area contributed by atoms with Crippen LogP contribution in [0.15, 0.2) is 21.4 Å². The molecule has 1 N–H and O–H groups in total. The number of amides is 2. The first-order valence-corrected chi connectivity index (χ1v) is 6.18. The van der Waals surface area contributed by atoms with E-state index in [9.17, 15) is 9.59 Å². The SMILES string of the molecule is CCN(CC)C(=O)CNC(=O)c1ccoc1Br. The van der Waals surface area contributed by atoms with Crippen molar-refractivity contribution in [2.75, 3.05) is 19.6 Å². The van der Waals surface area contributed by atoms with Gasteiger partial charge < -0.3 is 14.6 Å². The summed E-state index contributed by atoms with van der Waals surface area (Å²) in [6.07, 6.45) is 1.41. The van der Waals surface area contributed by atoms with Crippen LogP contribution >= 0.6 is 15.9 Å². The van der Waals surface area contributed by atoms with Crippen molar-refractivity contribution < 1.29 is 14.0 Å². The second kappa shape index (κ2) is 6.44. The monoisotopic (exact) mass is 302 g/mol. The molecule has 0 aromatic carbocycles. The van der Waals surface area contributed by atoms with Crippen molar-refractivity contribution in [1.29, 1.82) is 0 Å². The molecular weight excluding hydrogens is 288 g/mol. The second-order valence-electron chi connectivity index (χ2n) is 3.36. The topological polar surface area (TPSA) is 62.6 Å². The van der Waals surface area contributed by atoms with Crippen molar-refractivity contribution in [3.8, 4) is 0 Å². The van der Waals surface area contributed by atoms with Crippen molar-refractivity contribution in [3.05, 3.63) is 22.6 Å². The Bertz CT molecular complexity index is 399. The summed E-state index contributed by atoms with van der Waals surface area (Å²) in [7, 11) is 0. The average Bonchev–Trinajstić information content (AvgIpc) is 2.74. The molecule has 0 aliphatic rings. The zero-order valence-corrected chi connectivity index (χ0v) is 11.4. The number of carbonyl (C=O) groups is 2. The highest BCUT2D eigenvalue weighted by Crippen LogP contribution is 2.16. The fraction of sp³-hybridized carbons (Fsp3) is 0.455. The molecule has 0 unspecified atom stereocenters. The number of hydrogen-bond donors (Lipinski definition) is 1. The number of furan rings is 1. The van der Waals surface area contributed by atoms with Gasteiger partial charge in [-0.05, 0) is 35.8 Å². The smallest absolute Gasteiger partial charge is 0.256 e. The van der Waals surface area contributed by atoms with Gasteiger partial charge in [-0.15, -0.1) is 0 Å².